The number of hydrogen-bond acceptors (Lipinski definition) is 17. The van der Waals surface area contributed by atoms with Crippen LogP contribution in [0.25, 0.3) is 0 Å². The summed E-state index contributed by atoms with van der Waals surface area (Å²) in [5, 5.41) is 93.0. The van der Waals surface area contributed by atoms with E-state index in [1.165, 1.54) is 19.1 Å². The standard InChI is InChI=1S/C40H65N9O17/c1-24(13-17-50)18-35(58)49(66)16-12-29-39(62)44-27(6-4-14-47(64)33(56)10-8-25(2)20-51)37(60)43-28(7-5-15-48(65)34(57)11-9-26(3)21-52)38(61)46-31(23-54)40(63)45-30(22-53)36(59)41-19-32(55)42-29/h8-11,18,25-31,50-54,64-66H,4-7,12-17,19-23H2,1-3H3,(H,41,59)(H,42,55)(H,43,60)(H,44,62)(H,45,63)(H,46,61)/b10-8+,11-9+,24-18+. The normalized spacial score (nSPS) is 21.6. The number of amides is 9. The first-order valence-electron chi connectivity index (χ1n) is 21.1. The number of nitrogens with one attached hydrogen (secondary N) is 6. The Labute approximate surface area is 380 Å². The maximum atomic E-state index is 14.1. The molecule has 0 aromatic carbocycles. The summed E-state index contributed by atoms with van der Waals surface area (Å²) in [6.07, 6.45) is 4.06. The van der Waals surface area contributed by atoms with E-state index >= 15 is 0 Å². The van der Waals surface area contributed by atoms with E-state index in [0.29, 0.717) is 10.6 Å². The Hall–Kier alpha value is -5.87. The summed E-state index contributed by atoms with van der Waals surface area (Å²) in [5.74, 6) is -10.3. The van der Waals surface area contributed by atoms with Gasteiger partial charge in [-0.25, -0.2) is 15.2 Å². The van der Waals surface area contributed by atoms with Crippen LogP contribution in [0.4, 0.5) is 0 Å². The zero-order chi connectivity index (χ0) is 49.9. The molecular weight excluding hydrogens is 878 g/mol. The van der Waals surface area contributed by atoms with Crippen LogP contribution in [-0.4, -0.2) is 199 Å². The monoisotopic (exact) mass is 943 g/mol. The fraction of sp³-hybridized carbons (Fsp3) is 0.625. The molecule has 0 saturated carbocycles. The molecule has 26 heteroatoms. The van der Waals surface area contributed by atoms with Crippen LogP contribution in [-0.2, 0) is 43.2 Å². The first-order chi connectivity index (χ1) is 31.2. The molecule has 66 heavy (non-hydrogen) atoms. The molecule has 26 nitrogen and oxygen atoms in total. The molecule has 1 fully saturated rings. The molecule has 7 unspecified atom stereocenters. The van der Waals surface area contributed by atoms with Gasteiger partial charge in [-0.1, -0.05) is 31.6 Å². The van der Waals surface area contributed by atoms with Crippen LogP contribution >= 0.6 is 0 Å². The molecule has 0 aromatic heterocycles. The van der Waals surface area contributed by atoms with Gasteiger partial charge in [0.25, 0.3) is 17.7 Å². The molecular formula is C40H65N9O17. The van der Waals surface area contributed by atoms with Crippen LogP contribution in [0, 0.1) is 11.8 Å². The topological polar surface area (TPSA) is 397 Å². The van der Waals surface area contributed by atoms with Crippen molar-refractivity contribution in [3.05, 3.63) is 36.0 Å². The van der Waals surface area contributed by atoms with Gasteiger partial charge >= 0.3 is 0 Å². The summed E-state index contributed by atoms with van der Waals surface area (Å²) >= 11 is 0. The third kappa shape index (κ3) is 21.9. The summed E-state index contributed by atoms with van der Waals surface area (Å²) in [4.78, 5) is 118. The highest BCUT2D eigenvalue weighted by Gasteiger charge is 2.33. The van der Waals surface area contributed by atoms with Crippen molar-refractivity contribution in [3.8, 4) is 0 Å². The van der Waals surface area contributed by atoms with Crippen molar-refractivity contribution >= 4 is 53.2 Å². The van der Waals surface area contributed by atoms with E-state index in [1.807, 2.05) is 0 Å². The fourth-order valence-electron chi connectivity index (χ4n) is 5.61. The van der Waals surface area contributed by atoms with Gasteiger partial charge in [0.05, 0.1) is 26.3 Å². The lowest BCUT2D eigenvalue weighted by Gasteiger charge is -2.28. The number of hydrogen-bond donors (Lipinski definition) is 14. The van der Waals surface area contributed by atoms with Crippen LogP contribution in [0.5, 0.6) is 0 Å². The molecule has 1 aliphatic heterocycles. The average Bonchev–Trinajstić information content (AvgIpc) is 3.29. The van der Waals surface area contributed by atoms with E-state index in [0.717, 1.165) is 18.2 Å². The number of aliphatic hydroxyl groups excluding tert-OH is 5. The number of carbonyl (C=O) groups excluding carboxylic acids is 9. The van der Waals surface area contributed by atoms with Crippen molar-refractivity contribution in [2.45, 2.75) is 89.5 Å². The van der Waals surface area contributed by atoms with Crippen molar-refractivity contribution in [1.29, 1.82) is 0 Å². The highest BCUT2D eigenvalue weighted by Crippen LogP contribution is 2.09. The van der Waals surface area contributed by atoms with Crippen LogP contribution in [0.1, 0.15) is 59.3 Å². The van der Waals surface area contributed by atoms with E-state index < -0.39 is 141 Å². The molecule has 14 N–H and O–H groups in total. The molecule has 0 aliphatic carbocycles. The van der Waals surface area contributed by atoms with Gasteiger partial charge in [0, 0.05) is 51.1 Å². The molecule has 0 bridgehead atoms. The van der Waals surface area contributed by atoms with Gasteiger partial charge in [-0.15, -0.1) is 0 Å². The zero-order valence-corrected chi connectivity index (χ0v) is 37.1. The lowest BCUT2D eigenvalue weighted by molar-refractivity contribution is -0.160. The highest BCUT2D eigenvalue weighted by molar-refractivity contribution is 5.97. The summed E-state index contributed by atoms with van der Waals surface area (Å²) in [5.41, 5.74) is 0.395. The van der Waals surface area contributed by atoms with E-state index in [4.69, 9.17) is 5.11 Å². The summed E-state index contributed by atoms with van der Waals surface area (Å²) < 4.78 is 0. The minimum atomic E-state index is -1.80. The number of aliphatic hydroxyl groups is 5. The SMILES string of the molecule is C/C(=C\C(=O)N(O)CCC1NC(=O)CNC(=O)C(CO)NC(=O)C(CO)NC(=O)C(CCCN(O)C(=O)/C=C/C(C)CO)NC(=O)C(CCCN(O)C(=O)/C=C/C(C)CO)NC1=O)CCO. The van der Waals surface area contributed by atoms with Gasteiger partial charge in [0.15, 0.2) is 0 Å². The van der Waals surface area contributed by atoms with Gasteiger partial charge < -0.3 is 57.4 Å². The second kappa shape index (κ2) is 31.1. The smallest absolute Gasteiger partial charge is 0.269 e. The van der Waals surface area contributed by atoms with Crippen LogP contribution in [0.15, 0.2) is 36.0 Å². The zero-order valence-electron chi connectivity index (χ0n) is 37.1. The summed E-state index contributed by atoms with van der Waals surface area (Å²) in [7, 11) is 0. The summed E-state index contributed by atoms with van der Waals surface area (Å²) in [6, 6.07) is -8.55. The minimum Gasteiger partial charge on any atom is -0.396 e. The van der Waals surface area contributed by atoms with Crippen molar-refractivity contribution in [2.75, 3.05) is 59.2 Å². The number of rotatable bonds is 22. The molecule has 1 rings (SSSR count). The molecule has 7 atom stereocenters. The Morgan fingerprint density at radius 3 is 1.39 bits per heavy atom. The van der Waals surface area contributed by atoms with E-state index in [9.17, 15) is 79.2 Å². The molecule has 372 valence electrons. The largest absolute Gasteiger partial charge is 0.396 e. The van der Waals surface area contributed by atoms with E-state index in [2.05, 4.69) is 31.9 Å². The lowest BCUT2D eigenvalue weighted by atomic mass is 10.1. The quantitative estimate of drug-likeness (QED) is 0.0274. The second-order valence-corrected chi connectivity index (χ2v) is 15.4. The Kier molecular flexibility index (Phi) is 27.4. The predicted molar refractivity (Wildman–Crippen MR) is 227 cm³/mol. The van der Waals surface area contributed by atoms with Crippen molar-refractivity contribution in [3.63, 3.8) is 0 Å². The second-order valence-electron chi connectivity index (χ2n) is 15.4. The Morgan fingerprint density at radius 2 is 0.970 bits per heavy atom. The minimum absolute atomic E-state index is 0.103. The van der Waals surface area contributed by atoms with Gasteiger partial charge in [-0.2, -0.15) is 0 Å². The lowest BCUT2D eigenvalue weighted by Crippen LogP contribution is -2.61. The third-order valence-corrected chi connectivity index (χ3v) is 9.68. The molecule has 1 saturated heterocycles. The Bertz CT molecular complexity index is 1750. The molecule has 1 heterocycles. The van der Waals surface area contributed by atoms with Crippen LogP contribution in [0.2, 0.25) is 0 Å². The number of hydroxylamine groups is 6. The van der Waals surface area contributed by atoms with Gasteiger partial charge in [0.2, 0.25) is 35.4 Å². The van der Waals surface area contributed by atoms with E-state index in [1.54, 1.807) is 13.8 Å². The van der Waals surface area contributed by atoms with Gasteiger partial charge in [0.1, 0.15) is 30.2 Å². The Morgan fingerprint density at radius 1 is 0.576 bits per heavy atom. The molecule has 9 amide bonds. The van der Waals surface area contributed by atoms with Crippen LogP contribution < -0.4 is 31.9 Å². The molecule has 0 aromatic rings. The van der Waals surface area contributed by atoms with Crippen LogP contribution in [0.3, 0.4) is 0 Å². The van der Waals surface area contributed by atoms with Crippen molar-refractivity contribution < 1.29 is 84.3 Å². The first kappa shape index (κ1) is 58.1. The fourth-order valence-corrected chi connectivity index (χ4v) is 5.61. The number of carbonyl (C=O) groups is 9. The van der Waals surface area contributed by atoms with Gasteiger partial charge in [-0.3, -0.25) is 58.8 Å². The number of nitrogens with zero attached hydrogens (tertiary/aromatic N) is 3. The van der Waals surface area contributed by atoms with E-state index in [-0.39, 0.29) is 62.1 Å². The molecule has 1 aliphatic rings. The third-order valence-electron chi connectivity index (χ3n) is 9.68. The van der Waals surface area contributed by atoms with Crippen molar-refractivity contribution in [1.82, 2.24) is 47.1 Å². The first-order valence-corrected chi connectivity index (χ1v) is 21.1. The predicted octanol–water partition coefficient (Wildman–Crippen LogP) is -5.17. The Balaban J connectivity index is 3.70. The maximum Gasteiger partial charge on any atom is 0.269 e. The molecule has 0 spiro atoms. The van der Waals surface area contributed by atoms with Gasteiger partial charge in [-0.05, 0) is 57.3 Å². The highest BCUT2D eigenvalue weighted by atomic mass is 16.5. The average molecular weight is 944 g/mol. The maximum absolute atomic E-state index is 14.1. The van der Waals surface area contributed by atoms with Crippen molar-refractivity contribution in [2.24, 2.45) is 11.8 Å². The summed E-state index contributed by atoms with van der Waals surface area (Å²) in [6.45, 7) is -0.596. The molecule has 0 radical (unpaired) electrons.